The lowest BCUT2D eigenvalue weighted by atomic mass is 10.1. The molecule has 2 aliphatic heterocycles. The first-order chi connectivity index (χ1) is 10.3. The summed E-state index contributed by atoms with van der Waals surface area (Å²) in [6, 6.07) is 0. The third-order valence-corrected chi connectivity index (χ3v) is 9.21. The minimum absolute atomic E-state index is 0.0635. The van der Waals surface area contributed by atoms with Crippen LogP contribution in [-0.4, -0.2) is 50.4 Å². The molecule has 8 nitrogen and oxygen atoms in total. The Morgan fingerprint density at radius 1 is 1.22 bits per heavy atom. The van der Waals surface area contributed by atoms with Gasteiger partial charge in [0, 0.05) is 0 Å². The van der Waals surface area contributed by atoms with Crippen molar-refractivity contribution in [3.8, 4) is 0 Å². The van der Waals surface area contributed by atoms with Gasteiger partial charge < -0.3 is 18.6 Å². The van der Waals surface area contributed by atoms with Gasteiger partial charge in [-0.05, 0) is 32.0 Å². The molecule has 134 valence electrons. The fourth-order valence-corrected chi connectivity index (χ4v) is 3.47. The maximum atomic E-state index is 10.6. The van der Waals surface area contributed by atoms with Crippen molar-refractivity contribution in [2.24, 2.45) is 0 Å². The number of fused-ring (bicyclic) bond motifs is 1. The average Bonchev–Trinajstić information content (AvgIpc) is 2.80. The first-order valence-electron chi connectivity index (χ1n) is 7.79. The lowest BCUT2D eigenvalue weighted by Crippen LogP contribution is -2.44. The van der Waals surface area contributed by atoms with Crippen LogP contribution in [0.2, 0.25) is 18.1 Å². The van der Waals surface area contributed by atoms with Gasteiger partial charge in [-0.1, -0.05) is 20.8 Å². The molecule has 23 heavy (non-hydrogen) atoms. The van der Waals surface area contributed by atoms with E-state index in [9.17, 15) is 10.1 Å². The Morgan fingerprint density at radius 3 is 2.30 bits per heavy atom. The van der Waals surface area contributed by atoms with Gasteiger partial charge in [-0.25, -0.2) is 0 Å². The Balaban J connectivity index is 2.06. The molecule has 0 aromatic rings. The summed E-state index contributed by atoms with van der Waals surface area (Å²) in [6.07, 6.45) is -2.63. The van der Waals surface area contributed by atoms with E-state index in [0.717, 1.165) is 0 Å². The summed E-state index contributed by atoms with van der Waals surface area (Å²) >= 11 is 0. The number of hydrogen-bond acceptors (Lipinski definition) is 7. The van der Waals surface area contributed by atoms with Crippen LogP contribution in [0.1, 0.15) is 34.6 Å². The quantitative estimate of drug-likeness (QED) is 0.428. The molecule has 0 aromatic heterocycles. The molecule has 2 heterocycles. The third-order valence-electron chi connectivity index (χ3n) is 4.71. The molecule has 0 saturated carbocycles. The highest BCUT2D eigenvalue weighted by atomic mass is 28.4. The summed E-state index contributed by atoms with van der Waals surface area (Å²) in [7, 11) is -1.96. The van der Waals surface area contributed by atoms with E-state index in [2.05, 4.69) is 38.7 Å². The van der Waals surface area contributed by atoms with E-state index in [4.69, 9.17) is 18.6 Å². The van der Waals surface area contributed by atoms with Gasteiger partial charge in [0.25, 0.3) is 5.09 Å². The summed E-state index contributed by atoms with van der Waals surface area (Å²) in [5.74, 6) is -0.827. The third kappa shape index (κ3) is 4.02. The fraction of sp³-hybridized carbons (Fsp3) is 1.00. The van der Waals surface area contributed by atoms with Gasteiger partial charge in [0.1, 0.15) is 18.3 Å². The zero-order valence-corrected chi connectivity index (χ0v) is 15.8. The van der Waals surface area contributed by atoms with Crippen LogP contribution in [0.4, 0.5) is 0 Å². The molecule has 0 aliphatic carbocycles. The Labute approximate surface area is 137 Å². The van der Waals surface area contributed by atoms with Crippen molar-refractivity contribution in [3.05, 3.63) is 10.1 Å². The lowest BCUT2D eigenvalue weighted by molar-refractivity contribution is -0.781. The number of hydrogen-bond donors (Lipinski definition) is 0. The smallest absolute Gasteiger partial charge is 0.297 e. The molecule has 2 aliphatic rings. The SMILES string of the molecule is CC1(C)O[C@H]2[C@H](O[N+](=O)[O-])O[C@H](CO[Si](C)(C)C(C)(C)C)[C@H]2O1. The Hall–Kier alpha value is -0.743. The predicted molar refractivity (Wildman–Crippen MR) is 83.7 cm³/mol. The highest BCUT2D eigenvalue weighted by Crippen LogP contribution is 2.41. The van der Waals surface area contributed by atoms with Crippen molar-refractivity contribution >= 4 is 8.32 Å². The molecular formula is C14H27NO7Si. The van der Waals surface area contributed by atoms with Crippen LogP contribution in [0.3, 0.4) is 0 Å². The second-order valence-electron chi connectivity index (χ2n) is 8.01. The fourth-order valence-electron chi connectivity index (χ4n) is 2.45. The standard InChI is InChI=1S/C14H27NO7Si/c1-13(2,3)23(6,7)18-8-9-10-11(21-14(4,5)20-10)12(19-9)22-15(16)17/h9-12H,8H2,1-7H3/t9-,10-,11-,12+/m1/s1. The summed E-state index contributed by atoms with van der Waals surface area (Å²) in [5, 5.41) is 9.84. The molecule has 4 atom stereocenters. The van der Waals surface area contributed by atoms with Crippen molar-refractivity contribution in [2.75, 3.05) is 6.61 Å². The molecule has 0 bridgehead atoms. The Bertz CT molecular complexity index is 463. The second-order valence-corrected chi connectivity index (χ2v) is 12.8. The summed E-state index contributed by atoms with van der Waals surface area (Å²) in [4.78, 5) is 15.2. The van der Waals surface area contributed by atoms with Crippen LogP contribution in [0.25, 0.3) is 0 Å². The molecule has 0 aromatic carbocycles. The van der Waals surface area contributed by atoms with E-state index in [1.54, 1.807) is 13.8 Å². The van der Waals surface area contributed by atoms with Gasteiger partial charge in [0.2, 0.25) is 6.29 Å². The first-order valence-corrected chi connectivity index (χ1v) is 10.7. The highest BCUT2D eigenvalue weighted by Gasteiger charge is 2.57. The maximum absolute atomic E-state index is 10.6. The summed E-state index contributed by atoms with van der Waals surface area (Å²) in [5.41, 5.74) is 0. The van der Waals surface area contributed by atoms with Crippen molar-refractivity contribution < 1.29 is 28.6 Å². The maximum Gasteiger partial charge on any atom is 0.297 e. The molecular weight excluding hydrogens is 322 g/mol. The second kappa shape index (κ2) is 5.96. The Kier molecular flexibility index (Phi) is 4.82. The minimum Gasteiger partial charge on any atom is -0.414 e. The topological polar surface area (TPSA) is 89.3 Å². The molecule has 0 amide bonds. The van der Waals surface area contributed by atoms with E-state index in [1.807, 2.05) is 0 Å². The van der Waals surface area contributed by atoms with Crippen LogP contribution in [0.15, 0.2) is 0 Å². The van der Waals surface area contributed by atoms with Crippen molar-refractivity contribution in [1.82, 2.24) is 0 Å². The molecule has 0 spiro atoms. The van der Waals surface area contributed by atoms with Gasteiger partial charge in [-0.2, -0.15) is 0 Å². The largest absolute Gasteiger partial charge is 0.414 e. The average molecular weight is 349 g/mol. The van der Waals surface area contributed by atoms with E-state index in [1.165, 1.54) is 0 Å². The van der Waals surface area contributed by atoms with Crippen molar-refractivity contribution in [3.63, 3.8) is 0 Å². The van der Waals surface area contributed by atoms with Gasteiger partial charge >= 0.3 is 0 Å². The van der Waals surface area contributed by atoms with Crippen LogP contribution in [0, 0.1) is 10.1 Å². The number of nitrogens with zero attached hydrogens (tertiary/aromatic N) is 1. The monoisotopic (exact) mass is 349 g/mol. The normalized spacial score (nSPS) is 33.5. The molecule has 2 fully saturated rings. The molecule has 0 N–H and O–H groups in total. The molecule has 0 radical (unpaired) electrons. The molecule has 9 heteroatoms. The van der Waals surface area contributed by atoms with E-state index < -0.39 is 43.8 Å². The van der Waals surface area contributed by atoms with Crippen LogP contribution in [0.5, 0.6) is 0 Å². The van der Waals surface area contributed by atoms with E-state index in [-0.39, 0.29) is 5.04 Å². The van der Waals surface area contributed by atoms with Crippen LogP contribution < -0.4 is 0 Å². The van der Waals surface area contributed by atoms with Crippen molar-refractivity contribution in [2.45, 2.75) is 83.1 Å². The highest BCUT2D eigenvalue weighted by molar-refractivity contribution is 6.74. The molecule has 2 rings (SSSR count). The van der Waals surface area contributed by atoms with E-state index in [0.29, 0.717) is 6.61 Å². The van der Waals surface area contributed by atoms with Gasteiger partial charge in [0.15, 0.2) is 14.1 Å². The van der Waals surface area contributed by atoms with Gasteiger partial charge in [0.05, 0.1) is 6.61 Å². The summed E-state index contributed by atoms with van der Waals surface area (Å²) < 4.78 is 23.3. The van der Waals surface area contributed by atoms with Crippen molar-refractivity contribution in [1.29, 1.82) is 0 Å². The summed E-state index contributed by atoms with van der Waals surface area (Å²) in [6.45, 7) is 14.5. The van der Waals surface area contributed by atoms with Crippen LogP contribution in [-0.2, 0) is 23.5 Å². The minimum atomic E-state index is -1.96. The van der Waals surface area contributed by atoms with E-state index >= 15 is 0 Å². The Morgan fingerprint density at radius 2 is 1.78 bits per heavy atom. The molecule has 2 saturated heterocycles. The predicted octanol–water partition coefficient (Wildman–Crippen LogP) is 2.46. The first kappa shape index (κ1) is 18.6. The zero-order chi connectivity index (χ0) is 17.6. The van der Waals surface area contributed by atoms with Crippen LogP contribution >= 0.6 is 0 Å². The number of ether oxygens (including phenoxy) is 3. The lowest BCUT2D eigenvalue weighted by Gasteiger charge is -2.37. The van der Waals surface area contributed by atoms with Gasteiger partial charge in [-0.15, -0.1) is 10.1 Å². The molecule has 0 unspecified atom stereocenters. The number of rotatable bonds is 5. The zero-order valence-electron chi connectivity index (χ0n) is 14.8. The van der Waals surface area contributed by atoms with Gasteiger partial charge in [-0.3, -0.25) is 4.84 Å².